The van der Waals surface area contributed by atoms with Gasteiger partial charge >= 0.3 is 0 Å². The van der Waals surface area contributed by atoms with Crippen LogP contribution in [0.4, 0.5) is 0 Å². The second kappa shape index (κ2) is 4.82. The highest BCUT2D eigenvalue weighted by Gasteiger charge is 2.27. The Morgan fingerprint density at radius 3 is 2.00 bits per heavy atom. The third-order valence-electron chi connectivity index (χ3n) is 4.22. The lowest BCUT2D eigenvalue weighted by atomic mass is 9.90. The summed E-state index contributed by atoms with van der Waals surface area (Å²) < 4.78 is 0. The first-order valence-corrected chi connectivity index (χ1v) is 7.04. The molecule has 98 valence electrons. The lowest BCUT2D eigenvalue weighted by Gasteiger charge is -2.20. The molecule has 1 atom stereocenters. The van der Waals surface area contributed by atoms with Crippen LogP contribution in [0, 0.1) is 19.8 Å². The van der Waals surface area contributed by atoms with Crippen molar-refractivity contribution in [1.29, 1.82) is 0 Å². The van der Waals surface area contributed by atoms with Gasteiger partial charge in [-0.2, -0.15) is 0 Å². The average Bonchev–Trinajstić information content (AvgIpc) is 2.80. The lowest BCUT2D eigenvalue weighted by Crippen LogP contribution is -2.22. The molecule has 2 aromatic carbocycles. The normalized spacial score (nSPS) is 16.4. The van der Waals surface area contributed by atoms with Crippen molar-refractivity contribution < 1.29 is 0 Å². The zero-order valence-electron chi connectivity index (χ0n) is 11.7. The van der Waals surface area contributed by atoms with E-state index >= 15 is 0 Å². The van der Waals surface area contributed by atoms with Crippen LogP contribution in [0.2, 0.25) is 0 Å². The molecule has 0 aromatic heterocycles. The summed E-state index contributed by atoms with van der Waals surface area (Å²) >= 11 is 0. The van der Waals surface area contributed by atoms with Crippen LogP contribution >= 0.6 is 0 Å². The molecule has 1 nitrogen and oxygen atoms in total. The largest absolute Gasteiger partial charge is 0.324 e. The Labute approximate surface area is 115 Å². The number of hydrogen-bond acceptors (Lipinski definition) is 1. The quantitative estimate of drug-likeness (QED) is 0.865. The average molecular weight is 251 g/mol. The van der Waals surface area contributed by atoms with Crippen molar-refractivity contribution in [2.75, 3.05) is 0 Å². The van der Waals surface area contributed by atoms with Crippen LogP contribution in [0.25, 0.3) is 0 Å². The molecule has 3 rings (SSSR count). The Bertz CT molecular complexity index is 555. The van der Waals surface area contributed by atoms with Crippen LogP contribution in [0.3, 0.4) is 0 Å². The number of benzene rings is 2. The van der Waals surface area contributed by atoms with Gasteiger partial charge in [-0.15, -0.1) is 0 Å². The maximum Gasteiger partial charge on any atom is 0.0330 e. The van der Waals surface area contributed by atoms with Crippen molar-refractivity contribution in [3.63, 3.8) is 0 Å². The molecule has 0 bridgehead atoms. The number of rotatable bonds is 2. The zero-order valence-corrected chi connectivity index (χ0v) is 11.7. The van der Waals surface area contributed by atoms with E-state index in [2.05, 4.69) is 56.3 Å². The minimum atomic E-state index is 0.144. The minimum absolute atomic E-state index is 0.144. The number of hydrogen-bond donors (Lipinski definition) is 1. The molecule has 1 aliphatic carbocycles. The standard InChI is InChI=1S/C18H21N/c1-12-7-13(2)9-16(8-12)18(19)17-10-14-5-3-4-6-15(14)11-17/h3-9,17-18H,10-11,19H2,1-2H3. The van der Waals surface area contributed by atoms with Crippen LogP contribution in [-0.4, -0.2) is 0 Å². The second-order valence-corrected chi connectivity index (χ2v) is 5.88. The van der Waals surface area contributed by atoms with Crippen molar-refractivity contribution in [2.24, 2.45) is 11.7 Å². The fraction of sp³-hybridized carbons (Fsp3) is 0.333. The first kappa shape index (κ1) is 12.4. The Morgan fingerprint density at radius 1 is 0.947 bits per heavy atom. The van der Waals surface area contributed by atoms with E-state index in [-0.39, 0.29) is 6.04 Å². The highest BCUT2D eigenvalue weighted by atomic mass is 14.7. The fourth-order valence-corrected chi connectivity index (χ4v) is 3.32. The smallest absolute Gasteiger partial charge is 0.0330 e. The van der Waals surface area contributed by atoms with Crippen molar-refractivity contribution in [3.8, 4) is 0 Å². The van der Waals surface area contributed by atoms with E-state index in [1.54, 1.807) is 0 Å². The molecule has 0 radical (unpaired) electrons. The molecule has 0 spiro atoms. The molecule has 2 N–H and O–H groups in total. The third-order valence-corrected chi connectivity index (χ3v) is 4.22. The lowest BCUT2D eigenvalue weighted by molar-refractivity contribution is 0.453. The molecular weight excluding hydrogens is 230 g/mol. The van der Waals surface area contributed by atoms with E-state index in [0.717, 1.165) is 12.8 Å². The van der Waals surface area contributed by atoms with Crippen LogP contribution in [0.15, 0.2) is 42.5 Å². The monoisotopic (exact) mass is 251 g/mol. The summed E-state index contributed by atoms with van der Waals surface area (Å²) in [5.74, 6) is 0.540. The molecule has 1 aliphatic rings. The van der Waals surface area contributed by atoms with Gasteiger partial charge < -0.3 is 5.73 Å². The van der Waals surface area contributed by atoms with Gasteiger partial charge in [-0.25, -0.2) is 0 Å². The van der Waals surface area contributed by atoms with Gasteiger partial charge in [-0.1, -0.05) is 53.6 Å². The van der Waals surface area contributed by atoms with Gasteiger partial charge in [0.25, 0.3) is 0 Å². The highest BCUT2D eigenvalue weighted by molar-refractivity contribution is 5.36. The van der Waals surface area contributed by atoms with Gasteiger partial charge in [0.05, 0.1) is 0 Å². The second-order valence-electron chi connectivity index (χ2n) is 5.88. The summed E-state index contributed by atoms with van der Waals surface area (Å²) in [4.78, 5) is 0. The fourth-order valence-electron chi connectivity index (χ4n) is 3.32. The molecule has 1 heteroatoms. The van der Waals surface area contributed by atoms with Crippen LogP contribution in [-0.2, 0) is 12.8 Å². The Balaban J connectivity index is 1.84. The molecule has 0 saturated heterocycles. The molecule has 0 heterocycles. The molecule has 0 fully saturated rings. The van der Waals surface area contributed by atoms with E-state index in [1.807, 2.05) is 0 Å². The Kier molecular flexibility index (Phi) is 3.16. The first-order chi connectivity index (χ1) is 9.13. The minimum Gasteiger partial charge on any atom is -0.324 e. The maximum atomic E-state index is 6.52. The van der Waals surface area contributed by atoms with Crippen molar-refractivity contribution >= 4 is 0 Å². The van der Waals surface area contributed by atoms with Crippen molar-refractivity contribution in [2.45, 2.75) is 32.7 Å². The van der Waals surface area contributed by atoms with Crippen molar-refractivity contribution in [1.82, 2.24) is 0 Å². The van der Waals surface area contributed by atoms with Crippen LogP contribution in [0.1, 0.15) is 33.9 Å². The van der Waals surface area contributed by atoms with Gasteiger partial charge in [-0.05, 0) is 49.3 Å². The Morgan fingerprint density at radius 2 is 1.47 bits per heavy atom. The van der Waals surface area contributed by atoms with Crippen LogP contribution < -0.4 is 5.73 Å². The third kappa shape index (κ3) is 2.43. The topological polar surface area (TPSA) is 26.0 Å². The van der Waals surface area contributed by atoms with E-state index in [0.29, 0.717) is 5.92 Å². The van der Waals surface area contributed by atoms with Gasteiger partial charge in [0.1, 0.15) is 0 Å². The molecular formula is C18H21N. The maximum absolute atomic E-state index is 6.52. The summed E-state index contributed by atoms with van der Waals surface area (Å²) in [6.07, 6.45) is 2.23. The van der Waals surface area contributed by atoms with Gasteiger partial charge in [0.2, 0.25) is 0 Å². The molecule has 1 unspecified atom stereocenters. The SMILES string of the molecule is Cc1cc(C)cc(C(N)C2Cc3ccccc3C2)c1. The zero-order chi connectivity index (χ0) is 13.4. The van der Waals surface area contributed by atoms with E-state index in [9.17, 15) is 0 Å². The Hall–Kier alpha value is -1.60. The number of fused-ring (bicyclic) bond motifs is 1. The van der Waals surface area contributed by atoms with Crippen molar-refractivity contribution in [3.05, 3.63) is 70.3 Å². The van der Waals surface area contributed by atoms with E-state index in [1.165, 1.54) is 27.8 Å². The first-order valence-electron chi connectivity index (χ1n) is 7.04. The van der Waals surface area contributed by atoms with Crippen LogP contribution in [0.5, 0.6) is 0 Å². The molecule has 0 saturated carbocycles. The van der Waals surface area contributed by atoms with Gasteiger partial charge in [0, 0.05) is 6.04 Å². The molecule has 0 aliphatic heterocycles. The summed E-state index contributed by atoms with van der Waals surface area (Å²) in [6.45, 7) is 4.29. The highest BCUT2D eigenvalue weighted by Crippen LogP contribution is 2.34. The molecule has 19 heavy (non-hydrogen) atoms. The van der Waals surface area contributed by atoms with Gasteiger partial charge in [-0.3, -0.25) is 0 Å². The predicted octanol–water partition coefficient (Wildman–Crippen LogP) is 3.72. The molecule has 2 aromatic rings. The van der Waals surface area contributed by atoms with E-state index < -0.39 is 0 Å². The van der Waals surface area contributed by atoms with E-state index in [4.69, 9.17) is 5.73 Å². The number of aryl methyl sites for hydroxylation is 2. The summed E-state index contributed by atoms with van der Waals surface area (Å²) in [7, 11) is 0. The number of nitrogens with two attached hydrogens (primary N) is 1. The van der Waals surface area contributed by atoms with Gasteiger partial charge in [0.15, 0.2) is 0 Å². The summed E-state index contributed by atoms with van der Waals surface area (Å²) in [5.41, 5.74) is 13.4. The summed E-state index contributed by atoms with van der Waals surface area (Å²) in [5, 5.41) is 0. The molecule has 0 amide bonds. The summed E-state index contributed by atoms with van der Waals surface area (Å²) in [6, 6.07) is 15.6. The predicted molar refractivity (Wildman–Crippen MR) is 80.2 cm³/mol.